The standard InChI is InChI=1S/C4H5BN4/c1-2-7-3(5)9-4(6)8-2/h1H3,(H2,6,7,8,9). The number of anilines is 1. The summed E-state index contributed by atoms with van der Waals surface area (Å²) in [6, 6.07) is 0. The molecule has 2 N–H and O–H groups in total. The molecule has 0 fully saturated rings. The van der Waals surface area contributed by atoms with E-state index in [-0.39, 0.29) is 11.7 Å². The van der Waals surface area contributed by atoms with Crippen LogP contribution in [0.1, 0.15) is 5.82 Å². The molecule has 0 aliphatic carbocycles. The highest BCUT2D eigenvalue weighted by molar-refractivity contribution is 6.29. The van der Waals surface area contributed by atoms with Gasteiger partial charge in [0.15, 0.2) is 7.85 Å². The Balaban J connectivity index is 3.17. The first-order chi connectivity index (χ1) is 4.18. The fourth-order valence-electron chi connectivity index (χ4n) is 0.524. The zero-order valence-electron chi connectivity index (χ0n) is 5.00. The summed E-state index contributed by atoms with van der Waals surface area (Å²) in [5.74, 6) is 0.708. The Kier molecular flexibility index (Phi) is 1.34. The van der Waals surface area contributed by atoms with Crippen molar-refractivity contribution < 1.29 is 0 Å². The molecule has 0 aromatic carbocycles. The Morgan fingerprint density at radius 3 is 2.44 bits per heavy atom. The van der Waals surface area contributed by atoms with Crippen molar-refractivity contribution in [2.75, 3.05) is 5.73 Å². The molecule has 2 radical (unpaired) electrons. The second kappa shape index (κ2) is 2.01. The summed E-state index contributed by atoms with van der Waals surface area (Å²) in [5, 5.41) is 0. The number of nitrogens with zero attached hydrogens (tertiary/aromatic N) is 3. The quantitative estimate of drug-likeness (QED) is 0.425. The molecule has 44 valence electrons. The number of hydrogen-bond acceptors (Lipinski definition) is 4. The maximum atomic E-state index is 5.22. The minimum absolute atomic E-state index is 0.167. The first-order valence-electron chi connectivity index (χ1n) is 2.42. The molecule has 0 saturated heterocycles. The van der Waals surface area contributed by atoms with Crippen molar-refractivity contribution in [1.29, 1.82) is 0 Å². The molecule has 5 heteroatoms. The van der Waals surface area contributed by atoms with E-state index < -0.39 is 0 Å². The molecule has 0 bridgehead atoms. The van der Waals surface area contributed by atoms with Crippen LogP contribution in [-0.4, -0.2) is 22.8 Å². The predicted octanol–water partition coefficient (Wildman–Crippen LogP) is -1.44. The number of nitrogens with two attached hydrogens (primary N) is 1. The van der Waals surface area contributed by atoms with E-state index in [0.29, 0.717) is 5.82 Å². The van der Waals surface area contributed by atoms with Gasteiger partial charge in [-0.2, -0.15) is 4.98 Å². The van der Waals surface area contributed by atoms with Crippen LogP contribution in [0, 0.1) is 6.92 Å². The van der Waals surface area contributed by atoms with E-state index in [0.717, 1.165) is 0 Å². The number of aromatic nitrogens is 3. The van der Waals surface area contributed by atoms with E-state index in [1.165, 1.54) is 0 Å². The highest BCUT2D eigenvalue weighted by Crippen LogP contribution is 1.84. The fourth-order valence-corrected chi connectivity index (χ4v) is 0.524. The van der Waals surface area contributed by atoms with Gasteiger partial charge in [0.2, 0.25) is 5.95 Å². The van der Waals surface area contributed by atoms with Gasteiger partial charge >= 0.3 is 0 Å². The molecule has 1 aromatic rings. The zero-order chi connectivity index (χ0) is 6.85. The lowest BCUT2D eigenvalue weighted by Gasteiger charge is -1.94. The highest BCUT2D eigenvalue weighted by atomic mass is 15.1. The average Bonchev–Trinajstić information content (AvgIpc) is 1.59. The van der Waals surface area contributed by atoms with E-state index in [4.69, 9.17) is 13.6 Å². The SMILES string of the molecule is [B]c1nc(C)nc(N)n1. The third kappa shape index (κ3) is 1.38. The first kappa shape index (κ1) is 6.00. The minimum Gasteiger partial charge on any atom is -0.368 e. The number of rotatable bonds is 0. The number of aryl methyl sites for hydroxylation is 1. The molecule has 0 unspecified atom stereocenters. The predicted molar refractivity (Wildman–Crippen MR) is 34.4 cm³/mol. The van der Waals surface area contributed by atoms with Gasteiger partial charge in [0.25, 0.3) is 0 Å². The summed E-state index contributed by atoms with van der Waals surface area (Å²) in [6.07, 6.45) is 0. The van der Waals surface area contributed by atoms with Gasteiger partial charge in [0, 0.05) is 0 Å². The van der Waals surface area contributed by atoms with Crippen LogP contribution in [0.2, 0.25) is 0 Å². The molecule has 1 rings (SSSR count). The molecule has 0 aliphatic heterocycles. The van der Waals surface area contributed by atoms with Crippen LogP contribution < -0.4 is 11.5 Å². The number of nitrogen functional groups attached to an aromatic ring is 1. The van der Waals surface area contributed by atoms with Gasteiger partial charge in [0.05, 0.1) is 5.72 Å². The molecule has 0 atom stereocenters. The van der Waals surface area contributed by atoms with Crippen molar-refractivity contribution in [3.63, 3.8) is 0 Å². The van der Waals surface area contributed by atoms with Crippen molar-refractivity contribution in [2.24, 2.45) is 0 Å². The Hall–Kier alpha value is -1.13. The van der Waals surface area contributed by atoms with Crippen LogP contribution in [0.4, 0.5) is 5.95 Å². The third-order valence-electron chi connectivity index (χ3n) is 0.782. The molecule has 0 amide bonds. The summed E-state index contributed by atoms with van der Waals surface area (Å²) in [5.41, 5.74) is 5.38. The average molecular weight is 120 g/mol. The number of hydrogen-bond donors (Lipinski definition) is 1. The van der Waals surface area contributed by atoms with E-state index in [9.17, 15) is 0 Å². The zero-order valence-corrected chi connectivity index (χ0v) is 5.00. The van der Waals surface area contributed by atoms with Crippen LogP contribution >= 0.6 is 0 Å². The van der Waals surface area contributed by atoms with Gasteiger partial charge in [-0.05, 0) is 6.92 Å². The van der Waals surface area contributed by atoms with Crippen LogP contribution in [0.25, 0.3) is 0 Å². The van der Waals surface area contributed by atoms with Crippen molar-refractivity contribution in [3.05, 3.63) is 5.82 Å². The Labute approximate surface area is 53.9 Å². The molecular weight excluding hydrogens is 115 g/mol. The van der Waals surface area contributed by atoms with Crippen LogP contribution in [0.5, 0.6) is 0 Å². The van der Waals surface area contributed by atoms with Crippen molar-refractivity contribution in [2.45, 2.75) is 6.92 Å². The third-order valence-corrected chi connectivity index (χ3v) is 0.782. The van der Waals surface area contributed by atoms with Crippen LogP contribution in [0.3, 0.4) is 0 Å². The Morgan fingerprint density at radius 2 is 2.00 bits per heavy atom. The van der Waals surface area contributed by atoms with Crippen molar-refractivity contribution in [1.82, 2.24) is 15.0 Å². The fraction of sp³-hybridized carbons (Fsp3) is 0.250. The van der Waals surface area contributed by atoms with Crippen molar-refractivity contribution in [3.8, 4) is 0 Å². The van der Waals surface area contributed by atoms with Crippen molar-refractivity contribution >= 4 is 19.5 Å². The van der Waals surface area contributed by atoms with E-state index >= 15 is 0 Å². The summed E-state index contributed by atoms with van der Waals surface area (Å²) in [7, 11) is 5.22. The monoisotopic (exact) mass is 120 g/mol. The largest absolute Gasteiger partial charge is 0.368 e. The van der Waals surface area contributed by atoms with Gasteiger partial charge in [-0.15, -0.1) is 0 Å². The van der Waals surface area contributed by atoms with Gasteiger partial charge in [0.1, 0.15) is 5.82 Å². The normalized spacial score (nSPS) is 9.44. The van der Waals surface area contributed by atoms with Crippen LogP contribution in [-0.2, 0) is 0 Å². The minimum atomic E-state index is 0.167. The molecule has 9 heavy (non-hydrogen) atoms. The van der Waals surface area contributed by atoms with E-state index in [2.05, 4.69) is 15.0 Å². The van der Waals surface area contributed by atoms with Crippen LogP contribution in [0.15, 0.2) is 0 Å². The lowest BCUT2D eigenvalue weighted by atomic mass is 10.1. The van der Waals surface area contributed by atoms with Gasteiger partial charge < -0.3 is 5.73 Å². The lowest BCUT2D eigenvalue weighted by molar-refractivity contribution is 1.02. The molecule has 1 heterocycles. The summed E-state index contributed by atoms with van der Waals surface area (Å²) >= 11 is 0. The molecule has 4 nitrogen and oxygen atoms in total. The lowest BCUT2D eigenvalue weighted by Crippen LogP contribution is -2.17. The molecule has 0 saturated carbocycles. The molecule has 0 spiro atoms. The van der Waals surface area contributed by atoms with Gasteiger partial charge in [-0.1, -0.05) is 0 Å². The maximum Gasteiger partial charge on any atom is 0.222 e. The Morgan fingerprint density at radius 1 is 1.33 bits per heavy atom. The van der Waals surface area contributed by atoms with E-state index in [1.54, 1.807) is 6.92 Å². The second-order valence-electron chi connectivity index (χ2n) is 1.60. The first-order valence-corrected chi connectivity index (χ1v) is 2.42. The smallest absolute Gasteiger partial charge is 0.222 e. The summed E-state index contributed by atoms with van der Waals surface area (Å²) in [6.45, 7) is 1.70. The van der Waals surface area contributed by atoms with Gasteiger partial charge in [-0.3, -0.25) is 0 Å². The molecule has 0 aliphatic rings. The maximum absolute atomic E-state index is 5.22. The highest BCUT2D eigenvalue weighted by Gasteiger charge is 1.92. The topological polar surface area (TPSA) is 64.7 Å². The Bertz CT molecular complexity index is 173. The summed E-state index contributed by atoms with van der Waals surface area (Å²) < 4.78 is 0. The molecule has 1 aromatic heterocycles. The van der Waals surface area contributed by atoms with Gasteiger partial charge in [-0.25, -0.2) is 9.97 Å². The van der Waals surface area contributed by atoms with E-state index in [1.807, 2.05) is 0 Å². The summed E-state index contributed by atoms with van der Waals surface area (Å²) in [4.78, 5) is 11.0. The second-order valence-corrected chi connectivity index (χ2v) is 1.60. The molecular formula is C4H5BN4.